The van der Waals surface area contributed by atoms with Crippen LogP contribution < -0.4 is 0 Å². The van der Waals surface area contributed by atoms with Crippen molar-refractivity contribution in [1.29, 1.82) is 0 Å². The van der Waals surface area contributed by atoms with Crippen molar-refractivity contribution < 1.29 is 13.9 Å². The average Bonchev–Trinajstić information content (AvgIpc) is 2.88. The van der Waals surface area contributed by atoms with Gasteiger partial charge in [-0.15, -0.1) is 0 Å². The Balaban J connectivity index is 1.66. The summed E-state index contributed by atoms with van der Waals surface area (Å²) in [5, 5.41) is 0.769. The fourth-order valence-electron chi connectivity index (χ4n) is 2.23. The number of hydrogen-bond acceptors (Lipinski definition) is 2. The minimum absolute atomic E-state index is 0.113. The standard InChI is InChI=1S/C17H14FNO2/c18-15-6-7-16-14(10-15)8-9-19(16)11-17(20)21-12-13-4-2-1-3-5-13/h1-10H,11-12H2. The van der Waals surface area contributed by atoms with Crippen LogP contribution in [0, 0.1) is 5.82 Å². The molecule has 106 valence electrons. The van der Waals surface area contributed by atoms with Crippen LogP contribution in [0.2, 0.25) is 0 Å². The Bertz CT molecular complexity index is 765. The summed E-state index contributed by atoms with van der Waals surface area (Å²) in [6, 6.07) is 15.8. The number of rotatable bonds is 4. The highest BCUT2D eigenvalue weighted by atomic mass is 19.1. The number of nitrogens with zero attached hydrogens (tertiary/aromatic N) is 1. The summed E-state index contributed by atoms with van der Waals surface area (Å²) in [6.07, 6.45) is 1.76. The van der Waals surface area contributed by atoms with Crippen LogP contribution in [0.1, 0.15) is 5.56 Å². The molecule has 0 radical (unpaired) electrons. The Labute approximate surface area is 121 Å². The number of aromatic nitrogens is 1. The predicted octanol–water partition coefficient (Wildman–Crippen LogP) is 3.52. The molecule has 0 fully saturated rings. The fourth-order valence-corrected chi connectivity index (χ4v) is 2.23. The van der Waals surface area contributed by atoms with Crippen LogP contribution in [0.3, 0.4) is 0 Å². The third-order valence-electron chi connectivity index (χ3n) is 3.28. The van der Waals surface area contributed by atoms with Crippen molar-refractivity contribution in [2.75, 3.05) is 0 Å². The van der Waals surface area contributed by atoms with Crippen LogP contribution in [0.4, 0.5) is 4.39 Å². The Morgan fingerprint density at radius 2 is 1.90 bits per heavy atom. The van der Waals surface area contributed by atoms with Crippen molar-refractivity contribution in [2.45, 2.75) is 13.2 Å². The lowest BCUT2D eigenvalue weighted by molar-refractivity contribution is -0.145. The minimum Gasteiger partial charge on any atom is -0.459 e. The van der Waals surface area contributed by atoms with Gasteiger partial charge in [-0.3, -0.25) is 4.79 Å². The largest absolute Gasteiger partial charge is 0.459 e. The van der Waals surface area contributed by atoms with Crippen LogP contribution in [0.5, 0.6) is 0 Å². The molecule has 0 aliphatic carbocycles. The maximum absolute atomic E-state index is 13.1. The van der Waals surface area contributed by atoms with E-state index in [0.29, 0.717) is 0 Å². The maximum Gasteiger partial charge on any atom is 0.326 e. The lowest BCUT2D eigenvalue weighted by Crippen LogP contribution is -2.12. The lowest BCUT2D eigenvalue weighted by Gasteiger charge is -2.07. The molecule has 0 aliphatic rings. The number of ether oxygens (including phenoxy) is 1. The van der Waals surface area contributed by atoms with E-state index in [1.165, 1.54) is 12.1 Å². The fraction of sp³-hybridized carbons (Fsp3) is 0.118. The van der Waals surface area contributed by atoms with Crippen LogP contribution >= 0.6 is 0 Å². The van der Waals surface area contributed by atoms with Crippen molar-refractivity contribution in [3.63, 3.8) is 0 Å². The van der Waals surface area contributed by atoms with Gasteiger partial charge in [0, 0.05) is 17.1 Å². The number of benzene rings is 2. The zero-order chi connectivity index (χ0) is 14.7. The van der Waals surface area contributed by atoms with Gasteiger partial charge < -0.3 is 9.30 Å². The average molecular weight is 283 g/mol. The van der Waals surface area contributed by atoms with Gasteiger partial charge in [-0.2, -0.15) is 0 Å². The molecule has 0 bridgehead atoms. The van der Waals surface area contributed by atoms with E-state index in [-0.39, 0.29) is 24.9 Å². The van der Waals surface area contributed by atoms with E-state index in [9.17, 15) is 9.18 Å². The summed E-state index contributed by atoms with van der Waals surface area (Å²) >= 11 is 0. The van der Waals surface area contributed by atoms with Gasteiger partial charge in [0.1, 0.15) is 19.0 Å². The van der Waals surface area contributed by atoms with Crippen molar-refractivity contribution in [3.05, 3.63) is 72.2 Å². The quantitative estimate of drug-likeness (QED) is 0.686. The number of halogens is 1. The first-order chi connectivity index (χ1) is 10.2. The molecule has 3 nitrogen and oxygen atoms in total. The third-order valence-corrected chi connectivity index (χ3v) is 3.28. The van der Waals surface area contributed by atoms with E-state index in [1.807, 2.05) is 30.3 Å². The molecule has 1 heterocycles. The summed E-state index contributed by atoms with van der Waals surface area (Å²) in [6.45, 7) is 0.371. The highest BCUT2D eigenvalue weighted by Crippen LogP contribution is 2.17. The number of carbonyl (C=O) groups is 1. The SMILES string of the molecule is O=C(Cn1ccc2cc(F)ccc21)OCc1ccccc1. The lowest BCUT2D eigenvalue weighted by atomic mass is 10.2. The highest BCUT2D eigenvalue weighted by Gasteiger charge is 2.08. The number of fused-ring (bicyclic) bond motifs is 1. The van der Waals surface area contributed by atoms with Crippen LogP contribution in [0.15, 0.2) is 60.8 Å². The Kier molecular flexibility index (Phi) is 3.69. The van der Waals surface area contributed by atoms with E-state index >= 15 is 0 Å². The van der Waals surface area contributed by atoms with E-state index in [4.69, 9.17) is 4.74 Å². The molecule has 1 aromatic heterocycles. The van der Waals surface area contributed by atoms with Gasteiger partial charge in [-0.25, -0.2) is 4.39 Å². The number of esters is 1. The monoisotopic (exact) mass is 283 g/mol. The smallest absolute Gasteiger partial charge is 0.326 e. The summed E-state index contributed by atoms with van der Waals surface area (Å²) in [4.78, 5) is 11.9. The second kappa shape index (κ2) is 5.79. The third kappa shape index (κ3) is 3.11. The Morgan fingerprint density at radius 1 is 1.10 bits per heavy atom. The summed E-state index contributed by atoms with van der Waals surface area (Å²) < 4.78 is 20.1. The van der Waals surface area contributed by atoms with Crippen molar-refractivity contribution in [3.8, 4) is 0 Å². The minimum atomic E-state index is -0.319. The van der Waals surface area contributed by atoms with E-state index in [0.717, 1.165) is 16.5 Å². The first-order valence-corrected chi connectivity index (χ1v) is 6.66. The Hall–Kier alpha value is -2.62. The predicted molar refractivity (Wildman–Crippen MR) is 78.1 cm³/mol. The topological polar surface area (TPSA) is 31.2 Å². The molecule has 0 spiro atoms. The first-order valence-electron chi connectivity index (χ1n) is 6.66. The van der Waals surface area contributed by atoms with Gasteiger partial charge in [0.25, 0.3) is 0 Å². The molecule has 0 unspecified atom stereocenters. The molecule has 2 aromatic carbocycles. The normalized spacial score (nSPS) is 10.7. The molecule has 4 heteroatoms. The summed E-state index contributed by atoms with van der Waals surface area (Å²) in [7, 11) is 0. The highest BCUT2D eigenvalue weighted by molar-refractivity contribution is 5.82. The van der Waals surface area contributed by atoms with Gasteiger partial charge >= 0.3 is 5.97 Å². The van der Waals surface area contributed by atoms with Gasteiger partial charge in [0.2, 0.25) is 0 Å². The van der Waals surface area contributed by atoms with E-state index in [1.54, 1.807) is 22.9 Å². The molecule has 0 saturated heterocycles. The second-order valence-electron chi connectivity index (χ2n) is 4.79. The summed E-state index contributed by atoms with van der Waals surface area (Å²) in [5.74, 6) is -0.604. The maximum atomic E-state index is 13.1. The van der Waals surface area contributed by atoms with Crippen LogP contribution in [0.25, 0.3) is 10.9 Å². The van der Waals surface area contributed by atoms with Gasteiger partial charge in [0.05, 0.1) is 0 Å². The molecular formula is C17H14FNO2. The molecule has 0 atom stereocenters. The zero-order valence-corrected chi connectivity index (χ0v) is 11.3. The molecule has 3 rings (SSSR count). The Morgan fingerprint density at radius 3 is 2.71 bits per heavy atom. The molecule has 3 aromatic rings. The van der Waals surface area contributed by atoms with Crippen molar-refractivity contribution in [2.24, 2.45) is 0 Å². The van der Waals surface area contributed by atoms with Crippen LogP contribution in [-0.2, 0) is 22.7 Å². The van der Waals surface area contributed by atoms with E-state index in [2.05, 4.69) is 0 Å². The molecule has 0 amide bonds. The molecule has 0 N–H and O–H groups in total. The van der Waals surface area contributed by atoms with E-state index < -0.39 is 0 Å². The second-order valence-corrected chi connectivity index (χ2v) is 4.79. The molecular weight excluding hydrogens is 269 g/mol. The van der Waals surface area contributed by atoms with Crippen molar-refractivity contribution in [1.82, 2.24) is 4.57 Å². The first kappa shape index (κ1) is 13.4. The number of hydrogen-bond donors (Lipinski definition) is 0. The van der Waals surface area contributed by atoms with Gasteiger partial charge in [-0.05, 0) is 29.8 Å². The zero-order valence-electron chi connectivity index (χ0n) is 11.3. The summed E-state index contributed by atoms with van der Waals surface area (Å²) in [5.41, 5.74) is 1.76. The molecule has 21 heavy (non-hydrogen) atoms. The van der Waals surface area contributed by atoms with Gasteiger partial charge in [0.15, 0.2) is 0 Å². The van der Waals surface area contributed by atoms with Crippen LogP contribution in [-0.4, -0.2) is 10.5 Å². The van der Waals surface area contributed by atoms with Gasteiger partial charge in [-0.1, -0.05) is 30.3 Å². The molecule has 0 saturated carbocycles. The molecule has 0 aliphatic heterocycles. The number of carbonyl (C=O) groups excluding carboxylic acids is 1. The van der Waals surface area contributed by atoms with Crippen molar-refractivity contribution >= 4 is 16.9 Å².